The highest BCUT2D eigenvalue weighted by Gasteiger charge is 2.09. The van der Waals surface area contributed by atoms with Crippen molar-refractivity contribution in [2.45, 2.75) is 20.8 Å². The molecule has 2 aromatic carbocycles. The summed E-state index contributed by atoms with van der Waals surface area (Å²) in [6, 6.07) is 12.1. The van der Waals surface area contributed by atoms with Crippen LogP contribution in [0.15, 0.2) is 36.4 Å². The fourth-order valence-electron chi connectivity index (χ4n) is 2.04. The topological polar surface area (TPSA) is 20.2 Å². The van der Waals surface area contributed by atoms with E-state index in [4.69, 9.17) is 0 Å². The van der Waals surface area contributed by atoms with Crippen molar-refractivity contribution < 1.29 is 5.11 Å². The molecular formula is C15H16O. The van der Waals surface area contributed by atoms with Crippen LogP contribution in [0.4, 0.5) is 0 Å². The van der Waals surface area contributed by atoms with Gasteiger partial charge < -0.3 is 5.11 Å². The summed E-state index contributed by atoms with van der Waals surface area (Å²) in [5.74, 6) is 0.389. The molecule has 0 unspecified atom stereocenters. The summed E-state index contributed by atoms with van der Waals surface area (Å²) in [6.45, 7) is 6.05. The normalized spacial score (nSPS) is 10.4. The lowest BCUT2D eigenvalue weighted by molar-refractivity contribution is 0.473. The van der Waals surface area contributed by atoms with Crippen LogP contribution in [0.25, 0.3) is 11.1 Å². The predicted octanol–water partition coefficient (Wildman–Crippen LogP) is 3.98. The van der Waals surface area contributed by atoms with Crippen molar-refractivity contribution in [3.8, 4) is 16.9 Å². The highest BCUT2D eigenvalue weighted by molar-refractivity contribution is 5.74. The van der Waals surface area contributed by atoms with Gasteiger partial charge in [0.2, 0.25) is 0 Å². The Kier molecular flexibility index (Phi) is 2.69. The van der Waals surface area contributed by atoms with E-state index in [2.05, 4.69) is 13.0 Å². The molecule has 2 rings (SSSR count). The van der Waals surface area contributed by atoms with Crippen molar-refractivity contribution >= 4 is 0 Å². The molecule has 1 N–H and O–H groups in total. The van der Waals surface area contributed by atoms with Crippen molar-refractivity contribution in [2.24, 2.45) is 0 Å². The van der Waals surface area contributed by atoms with Crippen LogP contribution in [0.2, 0.25) is 0 Å². The van der Waals surface area contributed by atoms with Gasteiger partial charge in [0.1, 0.15) is 5.75 Å². The lowest BCUT2D eigenvalue weighted by Crippen LogP contribution is -1.87. The first-order valence-electron chi connectivity index (χ1n) is 5.46. The summed E-state index contributed by atoms with van der Waals surface area (Å²) in [6.07, 6.45) is 0. The van der Waals surface area contributed by atoms with Gasteiger partial charge in [-0.15, -0.1) is 0 Å². The van der Waals surface area contributed by atoms with Crippen molar-refractivity contribution in [3.63, 3.8) is 0 Å². The van der Waals surface area contributed by atoms with Gasteiger partial charge in [-0.1, -0.05) is 30.3 Å². The van der Waals surface area contributed by atoms with Gasteiger partial charge in [0, 0.05) is 5.56 Å². The molecule has 0 saturated heterocycles. The summed E-state index contributed by atoms with van der Waals surface area (Å²) in [5.41, 5.74) is 5.32. The molecule has 1 heteroatoms. The Morgan fingerprint density at radius 1 is 0.812 bits per heavy atom. The molecule has 82 valence electrons. The number of aromatic hydroxyl groups is 1. The third-order valence-electron chi connectivity index (χ3n) is 2.88. The van der Waals surface area contributed by atoms with Crippen molar-refractivity contribution in [3.05, 3.63) is 53.1 Å². The summed E-state index contributed by atoms with van der Waals surface area (Å²) in [7, 11) is 0. The molecule has 0 atom stereocenters. The first-order valence-corrected chi connectivity index (χ1v) is 5.46. The number of aryl methyl sites for hydroxylation is 3. The molecule has 1 nitrogen and oxygen atoms in total. The molecule has 0 fully saturated rings. The minimum absolute atomic E-state index is 0.389. The largest absolute Gasteiger partial charge is 0.507 e. The number of phenolic OH excluding ortho intramolecular Hbond substituents is 1. The van der Waals surface area contributed by atoms with Crippen LogP contribution < -0.4 is 0 Å². The lowest BCUT2D eigenvalue weighted by atomic mass is 9.96. The van der Waals surface area contributed by atoms with Crippen LogP contribution >= 0.6 is 0 Å². The Balaban J connectivity index is 2.69. The van der Waals surface area contributed by atoms with Gasteiger partial charge in [-0.3, -0.25) is 0 Å². The summed E-state index contributed by atoms with van der Waals surface area (Å²) in [4.78, 5) is 0. The minimum Gasteiger partial charge on any atom is -0.507 e. The second kappa shape index (κ2) is 4.01. The third-order valence-corrected chi connectivity index (χ3v) is 2.88. The van der Waals surface area contributed by atoms with E-state index < -0.39 is 0 Å². The van der Waals surface area contributed by atoms with Crippen LogP contribution in [0.5, 0.6) is 5.75 Å². The van der Waals surface area contributed by atoms with Gasteiger partial charge in [-0.05, 0) is 49.1 Å². The van der Waals surface area contributed by atoms with Crippen LogP contribution in [-0.2, 0) is 0 Å². The number of rotatable bonds is 1. The second-order valence-electron chi connectivity index (χ2n) is 4.29. The zero-order chi connectivity index (χ0) is 11.7. The van der Waals surface area contributed by atoms with Gasteiger partial charge in [-0.2, -0.15) is 0 Å². The SMILES string of the molecule is Cc1cc(C)c(O)c(-c2ccccc2C)c1. The van der Waals surface area contributed by atoms with Gasteiger partial charge >= 0.3 is 0 Å². The van der Waals surface area contributed by atoms with Gasteiger partial charge in [-0.25, -0.2) is 0 Å². The monoisotopic (exact) mass is 212 g/mol. The Bertz CT molecular complexity index is 527. The average molecular weight is 212 g/mol. The molecule has 16 heavy (non-hydrogen) atoms. The molecule has 0 radical (unpaired) electrons. The molecule has 0 aliphatic carbocycles. The van der Waals surface area contributed by atoms with E-state index in [9.17, 15) is 5.11 Å². The summed E-state index contributed by atoms with van der Waals surface area (Å²) >= 11 is 0. The molecule has 0 spiro atoms. The van der Waals surface area contributed by atoms with Crippen molar-refractivity contribution in [1.29, 1.82) is 0 Å². The number of phenols is 1. The van der Waals surface area contributed by atoms with E-state index in [1.807, 2.05) is 44.2 Å². The zero-order valence-electron chi connectivity index (χ0n) is 9.91. The molecular weight excluding hydrogens is 196 g/mol. The number of hydrogen-bond donors (Lipinski definition) is 1. The highest BCUT2D eigenvalue weighted by atomic mass is 16.3. The Morgan fingerprint density at radius 3 is 2.19 bits per heavy atom. The molecule has 0 bridgehead atoms. The maximum atomic E-state index is 10.1. The van der Waals surface area contributed by atoms with E-state index >= 15 is 0 Å². The molecule has 0 amide bonds. The fourth-order valence-corrected chi connectivity index (χ4v) is 2.04. The average Bonchev–Trinajstić information content (AvgIpc) is 2.24. The van der Waals surface area contributed by atoms with Crippen molar-refractivity contribution in [1.82, 2.24) is 0 Å². The van der Waals surface area contributed by atoms with E-state index in [0.29, 0.717) is 5.75 Å². The van der Waals surface area contributed by atoms with Crippen LogP contribution in [0, 0.1) is 20.8 Å². The fraction of sp³-hybridized carbons (Fsp3) is 0.200. The molecule has 0 aromatic heterocycles. The molecule has 2 aromatic rings. The Morgan fingerprint density at radius 2 is 1.50 bits per heavy atom. The van der Waals surface area contributed by atoms with Crippen LogP contribution in [0.1, 0.15) is 16.7 Å². The quantitative estimate of drug-likeness (QED) is 0.758. The molecule has 0 aliphatic rings. The first kappa shape index (κ1) is 10.7. The lowest BCUT2D eigenvalue weighted by Gasteiger charge is -2.11. The highest BCUT2D eigenvalue weighted by Crippen LogP contribution is 2.34. The zero-order valence-corrected chi connectivity index (χ0v) is 9.91. The third kappa shape index (κ3) is 1.81. The maximum absolute atomic E-state index is 10.1. The van der Waals surface area contributed by atoms with Gasteiger partial charge in [0.25, 0.3) is 0 Å². The molecule has 0 saturated carbocycles. The van der Waals surface area contributed by atoms with E-state index in [1.54, 1.807) is 0 Å². The standard InChI is InChI=1S/C15H16O/c1-10-8-12(3)15(16)14(9-10)13-7-5-4-6-11(13)2/h4-9,16H,1-3H3. The van der Waals surface area contributed by atoms with E-state index in [-0.39, 0.29) is 0 Å². The van der Waals surface area contributed by atoms with E-state index in [1.165, 1.54) is 11.1 Å². The smallest absolute Gasteiger partial charge is 0.126 e. The molecule has 0 aliphatic heterocycles. The number of benzene rings is 2. The van der Waals surface area contributed by atoms with Crippen molar-refractivity contribution in [2.75, 3.05) is 0 Å². The van der Waals surface area contributed by atoms with Gasteiger partial charge in [0.15, 0.2) is 0 Å². The van der Waals surface area contributed by atoms with E-state index in [0.717, 1.165) is 16.7 Å². The summed E-state index contributed by atoms with van der Waals surface area (Å²) in [5, 5.41) is 10.1. The Labute approximate surface area is 96.4 Å². The Hall–Kier alpha value is -1.76. The molecule has 0 heterocycles. The first-order chi connectivity index (χ1) is 7.59. The minimum atomic E-state index is 0.389. The number of hydrogen-bond acceptors (Lipinski definition) is 1. The predicted molar refractivity (Wildman–Crippen MR) is 67.8 cm³/mol. The van der Waals surface area contributed by atoms with Crippen LogP contribution in [0.3, 0.4) is 0 Å². The summed E-state index contributed by atoms with van der Waals surface area (Å²) < 4.78 is 0. The van der Waals surface area contributed by atoms with Gasteiger partial charge in [0.05, 0.1) is 0 Å². The van der Waals surface area contributed by atoms with Crippen LogP contribution in [-0.4, -0.2) is 5.11 Å². The second-order valence-corrected chi connectivity index (χ2v) is 4.29. The maximum Gasteiger partial charge on any atom is 0.126 e.